The fraction of sp³-hybridized carbons (Fsp3) is 0. The molecular formula is C14H9NO. The van der Waals surface area contributed by atoms with E-state index >= 15 is 0 Å². The average molecular weight is 207 g/mol. The van der Waals surface area contributed by atoms with Crippen LogP contribution in [0.25, 0.3) is 11.1 Å². The van der Waals surface area contributed by atoms with Gasteiger partial charge in [-0.3, -0.25) is 4.79 Å². The van der Waals surface area contributed by atoms with Gasteiger partial charge < -0.3 is 0 Å². The van der Waals surface area contributed by atoms with E-state index in [1.807, 2.05) is 30.3 Å². The summed E-state index contributed by atoms with van der Waals surface area (Å²) >= 11 is 0. The molecule has 0 fully saturated rings. The minimum atomic E-state index is 0.636. The lowest BCUT2D eigenvalue weighted by Gasteiger charge is -2.01. The highest BCUT2D eigenvalue weighted by molar-refractivity contribution is 5.77. The Bertz CT molecular complexity index is 550. The fourth-order valence-corrected chi connectivity index (χ4v) is 1.52. The Balaban J connectivity index is 2.42. The molecule has 2 nitrogen and oxygen atoms in total. The summed E-state index contributed by atoms with van der Waals surface area (Å²) in [5.41, 5.74) is 3.27. The van der Waals surface area contributed by atoms with Crippen molar-refractivity contribution >= 4 is 6.29 Å². The zero-order valence-electron chi connectivity index (χ0n) is 8.55. The second kappa shape index (κ2) is 4.41. The van der Waals surface area contributed by atoms with E-state index in [4.69, 9.17) is 5.26 Å². The SMILES string of the molecule is N#Cc1cccc(-c2ccc(C=O)cc2)c1. The largest absolute Gasteiger partial charge is 0.298 e. The van der Waals surface area contributed by atoms with Crippen molar-refractivity contribution in [2.45, 2.75) is 0 Å². The summed E-state index contributed by atoms with van der Waals surface area (Å²) in [5, 5.41) is 8.79. The van der Waals surface area contributed by atoms with E-state index in [0.29, 0.717) is 11.1 Å². The minimum Gasteiger partial charge on any atom is -0.298 e. The number of hydrogen-bond acceptors (Lipinski definition) is 2. The van der Waals surface area contributed by atoms with Gasteiger partial charge in [-0.05, 0) is 23.3 Å². The predicted molar refractivity (Wildman–Crippen MR) is 62.0 cm³/mol. The molecule has 0 bridgehead atoms. The summed E-state index contributed by atoms with van der Waals surface area (Å²) in [6.07, 6.45) is 0.815. The molecule has 0 aromatic heterocycles. The average Bonchev–Trinajstić information content (AvgIpc) is 2.39. The summed E-state index contributed by atoms with van der Waals surface area (Å²) in [5.74, 6) is 0. The van der Waals surface area contributed by atoms with Crippen molar-refractivity contribution in [1.82, 2.24) is 0 Å². The van der Waals surface area contributed by atoms with E-state index in [-0.39, 0.29) is 0 Å². The van der Waals surface area contributed by atoms with Gasteiger partial charge in [-0.15, -0.1) is 0 Å². The summed E-state index contributed by atoms with van der Waals surface area (Å²) in [4.78, 5) is 10.5. The van der Waals surface area contributed by atoms with Crippen molar-refractivity contribution in [3.63, 3.8) is 0 Å². The Morgan fingerprint density at radius 1 is 1.00 bits per heavy atom. The first-order valence-electron chi connectivity index (χ1n) is 4.89. The first kappa shape index (κ1) is 10.1. The Labute approximate surface area is 93.8 Å². The van der Waals surface area contributed by atoms with E-state index in [1.54, 1.807) is 18.2 Å². The van der Waals surface area contributed by atoms with Crippen molar-refractivity contribution in [2.75, 3.05) is 0 Å². The molecule has 0 unspecified atom stereocenters. The summed E-state index contributed by atoms with van der Waals surface area (Å²) in [7, 11) is 0. The van der Waals surface area contributed by atoms with Crippen molar-refractivity contribution in [2.24, 2.45) is 0 Å². The highest BCUT2D eigenvalue weighted by atomic mass is 16.1. The highest BCUT2D eigenvalue weighted by Gasteiger charge is 1.98. The Kier molecular flexibility index (Phi) is 2.79. The van der Waals surface area contributed by atoms with Gasteiger partial charge in [0, 0.05) is 5.56 Å². The summed E-state index contributed by atoms with van der Waals surface area (Å²) in [6, 6.07) is 16.8. The van der Waals surface area contributed by atoms with Crippen molar-refractivity contribution in [3.8, 4) is 17.2 Å². The maximum atomic E-state index is 10.5. The van der Waals surface area contributed by atoms with Gasteiger partial charge in [-0.1, -0.05) is 36.4 Å². The van der Waals surface area contributed by atoms with Crippen LogP contribution in [0.2, 0.25) is 0 Å². The monoisotopic (exact) mass is 207 g/mol. The van der Waals surface area contributed by atoms with Crippen LogP contribution < -0.4 is 0 Å². The number of carbonyl (C=O) groups is 1. The molecule has 0 radical (unpaired) electrons. The molecule has 16 heavy (non-hydrogen) atoms. The molecule has 2 heteroatoms. The number of carbonyl (C=O) groups excluding carboxylic acids is 1. The molecule has 2 aromatic carbocycles. The zero-order valence-corrected chi connectivity index (χ0v) is 8.55. The van der Waals surface area contributed by atoms with Crippen LogP contribution in [0.5, 0.6) is 0 Å². The van der Waals surface area contributed by atoms with E-state index in [2.05, 4.69) is 6.07 Å². The van der Waals surface area contributed by atoms with Crippen LogP contribution in [0.1, 0.15) is 15.9 Å². The lowest BCUT2D eigenvalue weighted by Crippen LogP contribution is -1.82. The Morgan fingerprint density at radius 3 is 2.38 bits per heavy atom. The van der Waals surface area contributed by atoms with Gasteiger partial charge in [0.25, 0.3) is 0 Å². The third kappa shape index (κ3) is 1.99. The normalized spacial score (nSPS) is 9.44. The second-order valence-electron chi connectivity index (χ2n) is 3.43. The maximum Gasteiger partial charge on any atom is 0.150 e. The number of nitriles is 1. The molecule has 0 amide bonds. The lowest BCUT2D eigenvalue weighted by atomic mass is 10.0. The topological polar surface area (TPSA) is 40.9 Å². The molecule has 0 N–H and O–H groups in total. The van der Waals surface area contributed by atoms with E-state index < -0.39 is 0 Å². The van der Waals surface area contributed by atoms with Crippen molar-refractivity contribution in [1.29, 1.82) is 5.26 Å². The van der Waals surface area contributed by atoms with Crippen molar-refractivity contribution in [3.05, 3.63) is 59.7 Å². The number of aldehydes is 1. The van der Waals surface area contributed by atoms with Gasteiger partial charge in [0.1, 0.15) is 6.29 Å². The molecule has 0 aliphatic rings. The van der Waals surface area contributed by atoms with Crippen LogP contribution in [0.15, 0.2) is 48.5 Å². The maximum absolute atomic E-state index is 10.5. The van der Waals surface area contributed by atoms with Crippen LogP contribution >= 0.6 is 0 Å². The fourth-order valence-electron chi connectivity index (χ4n) is 1.52. The standard InChI is InChI=1S/C14H9NO/c15-9-12-2-1-3-14(8-12)13-6-4-11(10-16)5-7-13/h1-8,10H. The molecule has 0 saturated heterocycles. The van der Waals surface area contributed by atoms with Gasteiger partial charge in [0.2, 0.25) is 0 Å². The van der Waals surface area contributed by atoms with Gasteiger partial charge >= 0.3 is 0 Å². The molecule has 0 spiro atoms. The van der Waals surface area contributed by atoms with Gasteiger partial charge in [0.15, 0.2) is 0 Å². The molecule has 2 rings (SSSR count). The van der Waals surface area contributed by atoms with E-state index in [1.165, 1.54) is 0 Å². The van der Waals surface area contributed by atoms with E-state index in [9.17, 15) is 4.79 Å². The Morgan fingerprint density at radius 2 is 1.75 bits per heavy atom. The molecule has 0 aliphatic carbocycles. The Hall–Kier alpha value is -2.40. The quantitative estimate of drug-likeness (QED) is 0.710. The molecule has 2 aromatic rings. The van der Waals surface area contributed by atoms with Crippen LogP contribution in [-0.4, -0.2) is 6.29 Å². The number of nitrogens with zero attached hydrogens (tertiary/aromatic N) is 1. The first-order chi connectivity index (χ1) is 7.83. The van der Waals surface area contributed by atoms with E-state index in [0.717, 1.165) is 17.4 Å². The van der Waals surface area contributed by atoms with Crippen LogP contribution in [0.3, 0.4) is 0 Å². The van der Waals surface area contributed by atoms with Gasteiger partial charge in [0.05, 0.1) is 11.6 Å². The third-order valence-corrected chi connectivity index (χ3v) is 2.37. The van der Waals surface area contributed by atoms with Gasteiger partial charge in [-0.25, -0.2) is 0 Å². The van der Waals surface area contributed by atoms with Gasteiger partial charge in [-0.2, -0.15) is 5.26 Å². The predicted octanol–water partition coefficient (Wildman–Crippen LogP) is 3.04. The third-order valence-electron chi connectivity index (χ3n) is 2.37. The molecule has 0 saturated carbocycles. The first-order valence-corrected chi connectivity index (χ1v) is 4.89. The summed E-state index contributed by atoms with van der Waals surface area (Å²) in [6.45, 7) is 0. The molecule has 76 valence electrons. The second-order valence-corrected chi connectivity index (χ2v) is 3.43. The smallest absolute Gasteiger partial charge is 0.150 e. The molecule has 0 atom stereocenters. The van der Waals surface area contributed by atoms with Crippen LogP contribution in [-0.2, 0) is 0 Å². The van der Waals surface area contributed by atoms with Crippen LogP contribution in [0.4, 0.5) is 0 Å². The number of rotatable bonds is 2. The molecule has 0 heterocycles. The lowest BCUT2D eigenvalue weighted by molar-refractivity contribution is 0.112. The number of benzene rings is 2. The minimum absolute atomic E-state index is 0.636. The molecule has 0 aliphatic heterocycles. The summed E-state index contributed by atoms with van der Waals surface area (Å²) < 4.78 is 0. The number of hydrogen-bond donors (Lipinski definition) is 0. The molecular weight excluding hydrogens is 198 g/mol. The zero-order chi connectivity index (χ0) is 11.4. The highest BCUT2D eigenvalue weighted by Crippen LogP contribution is 2.20. The van der Waals surface area contributed by atoms with Crippen LogP contribution in [0, 0.1) is 11.3 Å². The van der Waals surface area contributed by atoms with Crippen molar-refractivity contribution < 1.29 is 4.79 Å².